The van der Waals surface area contributed by atoms with Gasteiger partial charge < -0.3 is 9.84 Å². The molecule has 1 N–H and O–H groups in total. The number of aliphatic hydroxyl groups is 1. The summed E-state index contributed by atoms with van der Waals surface area (Å²) in [4.78, 5) is 26.4. The van der Waals surface area contributed by atoms with Crippen LogP contribution in [0.2, 0.25) is 0 Å². The van der Waals surface area contributed by atoms with Gasteiger partial charge in [-0.2, -0.15) is 8.42 Å². The van der Waals surface area contributed by atoms with E-state index < -0.39 is 33.5 Å². The first-order chi connectivity index (χ1) is 20.4. The van der Waals surface area contributed by atoms with E-state index in [4.69, 9.17) is 8.92 Å². The molecule has 5 rings (SSSR count). The third-order valence-electron chi connectivity index (χ3n) is 9.67. The molecule has 2 aliphatic rings. The van der Waals surface area contributed by atoms with Gasteiger partial charge in [0.15, 0.2) is 5.78 Å². The van der Waals surface area contributed by atoms with E-state index in [1.807, 2.05) is 56.3 Å². The first-order valence-corrected chi connectivity index (χ1v) is 16.3. The zero-order valence-corrected chi connectivity index (χ0v) is 25.9. The second-order valence-electron chi connectivity index (χ2n) is 12.5. The highest BCUT2D eigenvalue weighted by Crippen LogP contribution is 2.59. The fourth-order valence-electron chi connectivity index (χ4n) is 7.10. The van der Waals surface area contributed by atoms with Crippen LogP contribution in [-0.4, -0.2) is 37.3 Å². The van der Waals surface area contributed by atoms with Crippen molar-refractivity contribution in [2.24, 2.45) is 17.3 Å². The van der Waals surface area contributed by atoms with E-state index in [0.29, 0.717) is 19.4 Å². The van der Waals surface area contributed by atoms with Gasteiger partial charge in [0.2, 0.25) is 0 Å². The van der Waals surface area contributed by atoms with Gasteiger partial charge in [0.1, 0.15) is 30.3 Å². The normalized spacial score (nSPS) is 25.3. The van der Waals surface area contributed by atoms with Crippen LogP contribution in [0.25, 0.3) is 0 Å². The second-order valence-corrected chi connectivity index (χ2v) is 14.1. The van der Waals surface area contributed by atoms with E-state index in [0.717, 1.165) is 40.8 Å². The Morgan fingerprint density at radius 1 is 1.02 bits per heavy atom. The molecular formula is C35H40O7S. The number of hydrogen-bond acceptors (Lipinski definition) is 7. The summed E-state index contributed by atoms with van der Waals surface area (Å²) in [7, 11) is -4.18. The van der Waals surface area contributed by atoms with Crippen LogP contribution in [0.15, 0.2) is 77.7 Å². The summed E-state index contributed by atoms with van der Waals surface area (Å²) >= 11 is 0. The van der Waals surface area contributed by atoms with Crippen LogP contribution < -0.4 is 4.74 Å². The average Bonchev–Trinajstić information content (AvgIpc) is 3.26. The minimum Gasteiger partial charge on any atom is -0.489 e. The number of carbonyl (C=O) groups excluding carboxylic acids is 2. The van der Waals surface area contributed by atoms with Gasteiger partial charge in [-0.15, -0.1) is 0 Å². The van der Waals surface area contributed by atoms with Crippen LogP contribution >= 0.6 is 0 Å². The lowest BCUT2D eigenvalue weighted by Crippen LogP contribution is -2.56. The molecule has 228 valence electrons. The second kappa shape index (κ2) is 12.3. The summed E-state index contributed by atoms with van der Waals surface area (Å²) in [6, 6.07) is 22.2. The summed E-state index contributed by atoms with van der Waals surface area (Å²) in [5, 5.41) is 11.8. The molecule has 4 atom stereocenters. The average molecular weight is 605 g/mol. The Labute approximate surface area is 254 Å². The fourth-order valence-corrected chi connectivity index (χ4v) is 7.97. The van der Waals surface area contributed by atoms with Crippen molar-refractivity contribution in [1.82, 2.24) is 0 Å². The number of ether oxygens (including phenoxy) is 1. The van der Waals surface area contributed by atoms with Crippen molar-refractivity contribution < 1.29 is 32.0 Å². The molecule has 2 fully saturated rings. The number of benzene rings is 3. The van der Waals surface area contributed by atoms with E-state index in [-0.39, 0.29) is 35.4 Å². The lowest BCUT2D eigenvalue weighted by Gasteiger charge is -2.47. The molecule has 8 heteroatoms. The van der Waals surface area contributed by atoms with Gasteiger partial charge in [-0.05, 0) is 92.3 Å². The van der Waals surface area contributed by atoms with Crippen LogP contribution in [0.3, 0.4) is 0 Å². The van der Waals surface area contributed by atoms with Crippen LogP contribution in [0.1, 0.15) is 61.3 Å². The van der Waals surface area contributed by atoms with Gasteiger partial charge in [-0.3, -0.25) is 13.8 Å². The van der Waals surface area contributed by atoms with E-state index in [2.05, 4.69) is 13.0 Å². The maximum absolute atomic E-state index is 13.4. The minimum atomic E-state index is -4.18. The molecule has 3 aromatic rings. The number of rotatable bonds is 11. The predicted molar refractivity (Wildman–Crippen MR) is 163 cm³/mol. The predicted octanol–water partition coefficient (Wildman–Crippen LogP) is 5.92. The van der Waals surface area contributed by atoms with E-state index >= 15 is 0 Å². The van der Waals surface area contributed by atoms with Crippen LogP contribution in [0, 0.1) is 31.1 Å². The molecule has 0 radical (unpaired) electrons. The highest BCUT2D eigenvalue weighted by Gasteiger charge is 2.64. The lowest BCUT2D eigenvalue weighted by atomic mass is 9.58. The number of ketones is 2. The minimum absolute atomic E-state index is 0.00132. The Hall–Kier alpha value is -3.33. The van der Waals surface area contributed by atoms with Gasteiger partial charge >= 0.3 is 0 Å². The SMILES string of the molecule is Cc1ccc(S(=O)(=O)OCC(=O)C2(O)CCC3C(CCc4cc(OCc5ccccc5)ccc4C)CC(=O)CC32C)cc1. The monoisotopic (exact) mass is 604 g/mol. The smallest absolute Gasteiger partial charge is 0.297 e. The topological polar surface area (TPSA) is 107 Å². The Morgan fingerprint density at radius 3 is 2.47 bits per heavy atom. The van der Waals surface area contributed by atoms with Crippen molar-refractivity contribution in [2.75, 3.05) is 6.61 Å². The summed E-state index contributed by atoms with van der Waals surface area (Å²) in [6.45, 7) is 5.41. The maximum Gasteiger partial charge on any atom is 0.297 e. The van der Waals surface area contributed by atoms with Crippen LogP contribution in [0.4, 0.5) is 0 Å². The molecule has 0 aromatic heterocycles. The standard InChI is InChI=1S/C35H40O7S/c1-24-9-15-31(16-10-24)43(39,40)42-23-33(37)35(38)18-17-32-28(19-29(36)21-34(32,35)3)13-12-27-20-30(14-11-25(27)2)41-22-26-7-5-4-6-8-26/h4-11,14-16,20,28,32,38H,12-13,17-19,21-23H2,1-3H3. The Morgan fingerprint density at radius 2 is 1.74 bits per heavy atom. The first kappa shape index (κ1) is 31.1. The maximum atomic E-state index is 13.4. The summed E-state index contributed by atoms with van der Waals surface area (Å²) in [6.07, 6.45) is 2.73. The number of Topliss-reactive ketones (excluding diaryl/α,β-unsaturated/α-hetero) is 2. The molecule has 0 spiro atoms. The molecule has 2 saturated carbocycles. The summed E-state index contributed by atoms with van der Waals surface area (Å²) < 4.78 is 36.6. The van der Waals surface area contributed by atoms with Crippen molar-refractivity contribution in [1.29, 1.82) is 0 Å². The van der Waals surface area contributed by atoms with Gasteiger partial charge in [-0.25, -0.2) is 0 Å². The molecule has 4 unspecified atom stereocenters. The van der Waals surface area contributed by atoms with Gasteiger partial charge in [-0.1, -0.05) is 61.0 Å². The number of aryl methyl sites for hydroxylation is 3. The van der Waals surface area contributed by atoms with Crippen molar-refractivity contribution >= 4 is 21.7 Å². The van der Waals surface area contributed by atoms with Crippen molar-refractivity contribution in [2.45, 2.75) is 76.4 Å². The van der Waals surface area contributed by atoms with Crippen molar-refractivity contribution in [3.8, 4) is 5.75 Å². The van der Waals surface area contributed by atoms with Crippen molar-refractivity contribution in [3.63, 3.8) is 0 Å². The van der Waals surface area contributed by atoms with E-state index in [9.17, 15) is 23.1 Å². The quantitative estimate of drug-likeness (QED) is 0.271. The number of carbonyl (C=O) groups is 2. The highest BCUT2D eigenvalue weighted by atomic mass is 32.2. The number of fused-ring (bicyclic) bond motifs is 1. The van der Waals surface area contributed by atoms with E-state index in [1.165, 1.54) is 12.1 Å². The molecule has 3 aromatic carbocycles. The van der Waals surface area contributed by atoms with Crippen molar-refractivity contribution in [3.05, 3.63) is 95.1 Å². The van der Waals surface area contributed by atoms with Gasteiger partial charge in [0.25, 0.3) is 10.1 Å². The van der Waals surface area contributed by atoms with Crippen LogP contribution in [-0.2, 0) is 36.9 Å². The lowest BCUT2D eigenvalue weighted by molar-refractivity contribution is -0.161. The van der Waals surface area contributed by atoms with Crippen LogP contribution in [0.5, 0.6) is 5.75 Å². The molecule has 0 bridgehead atoms. The molecule has 0 heterocycles. The molecule has 43 heavy (non-hydrogen) atoms. The van der Waals surface area contributed by atoms with Gasteiger partial charge in [0, 0.05) is 18.3 Å². The zero-order chi connectivity index (χ0) is 30.8. The molecule has 0 aliphatic heterocycles. The van der Waals surface area contributed by atoms with Gasteiger partial charge in [0.05, 0.1) is 4.90 Å². The van der Waals surface area contributed by atoms with E-state index in [1.54, 1.807) is 12.1 Å². The largest absolute Gasteiger partial charge is 0.489 e. The number of hydrogen-bond donors (Lipinski definition) is 1. The fraction of sp³-hybridized carbons (Fsp3) is 0.429. The third-order valence-corrected chi connectivity index (χ3v) is 11.0. The Kier molecular flexibility index (Phi) is 8.93. The Bertz CT molecular complexity index is 1580. The highest BCUT2D eigenvalue weighted by molar-refractivity contribution is 7.86. The Balaban J connectivity index is 1.26. The summed E-state index contributed by atoms with van der Waals surface area (Å²) in [5.74, 6) is 0.0576. The molecule has 7 nitrogen and oxygen atoms in total. The molecular weight excluding hydrogens is 564 g/mol. The third kappa shape index (κ3) is 6.47. The molecule has 0 amide bonds. The first-order valence-electron chi connectivity index (χ1n) is 14.9. The summed E-state index contributed by atoms with van der Waals surface area (Å²) in [5.41, 5.74) is 1.44. The zero-order valence-electron chi connectivity index (χ0n) is 25.0. The molecule has 0 saturated heterocycles. The molecule has 2 aliphatic carbocycles.